The molecule has 4 heteroatoms. The quantitative estimate of drug-likeness (QED) is 0.680. The highest BCUT2D eigenvalue weighted by Gasteiger charge is 2.16. The van der Waals surface area contributed by atoms with Gasteiger partial charge < -0.3 is 5.32 Å². The van der Waals surface area contributed by atoms with Crippen LogP contribution >= 0.6 is 38.9 Å². The average Bonchev–Trinajstić information content (AvgIpc) is 2.76. The second-order valence-corrected chi connectivity index (χ2v) is 7.45. The highest BCUT2D eigenvalue weighted by Crippen LogP contribution is 2.36. The molecule has 0 spiro atoms. The van der Waals surface area contributed by atoms with Gasteiger partial charge in [-0.15, -0.1) is 11.3 Å². The van der Waals surface area contributed by atoms with Crippen LogP contribution in [-0.2, 0) is 6.42 Å². The number of hydrogen-bond acceptors (Lipinski definition) is 2. The molecule has 2 aromatic rings. The van der Waals surface area contributed by atoms with Crippen LogP contribution in [0.1, 0.15) is 35.4 Å². The molecule has 0 aliphatic carbocycles. The molecule has 0 aliphatic heterocycles. The van der Waals surface area contributed by atoms with Gasteiger partial charge in [-0.25, -0.2) is 0 Å². The monoisotopic (exact) mass is 371 g/mol. The van der Waals surface area contributed by atoms with Crippen LogP contribution in [0.2, 0.25) is 4.34 Å². The van der Waals surface area contributed by atoms with Crippen molar-refractivity contribution in [2.75, 3.05) is 6.54 Å². The van der Waals surface area contributed by atoms with Crippen LogP contribution in [0.4, 0.5) is 0 Å². The van der Waals surface area contributed by atoms with Gasteiger partial charge >= 0.3 is 0 Å². The minimum atomic E-state index is 0.324. The van der Waals surface area contributed by atoms with Crippen LogP contribution in [0.5, 0.6) is 0 Å². The Morgan fingerprint density at radius 2 is 2.10 bits per heavy atom. The first kappa shape index (κ1) is 16.0. The average molecular weight is 373 g/mol. The summed E-state index contributed by atoms with van der Waals surface area (Å²) in [6.45, 7) is 5.38. The molecule has 20 heavy (non-hydrogen) atoms. The predicted molar refractivity (Wildman–Crippen MR) is 92.9 cm³/mol. The first-order valence-electron chi connectivity index (χ1n) is 6.84. The zero-order valence-electron chi connectivity index (χ0n) is 11.7. The van der Waals surface area contributed by atoms with Crippen LogP contribution in [0.25, 0.3) is 0 Å². The third-order valence-corrected chi connectivity index (χ3v) is 5.92. The molecule has 1 nitrogen and oxygen atoms in total. The normalized spacial score (nSPS) is 12.6. The minimum Gasteiger partial charge on any atom is -0.309 e. The third kappa shape index (κ3) is 4.08. The zero-order chi connectivity index (χ0) is 14.5. The fourth-order valence-corrected chi connectivity index (χ4v) is 4.00. The summed E-state index contributed by atoms with van der Waals surface area (Å²) in [5.74, 6) is 0. The molecule has 2 rings (SSSR count). The lowest BCUT2D eigenvalue weighted by atomic mass is 10.00. The van der Waals surface area contributed by atoms with Gasteiger partial charge in [0.25, 0.3) is 0 Å². The first-order chi connectivity index (χ1) is 9.61. The summed E-state index contributed by atoms with van der Waals surface area (Å²) in [6, 6.07) is 11.0. The molecule has 0 radical (unpaired) electrons. The van der Waals surface area contributed by atoms with Crippen LogP contribution < -0.4 is 5.32 Å². The number of hydrogen-bond donors (Lipinski definition) is 1. The minimum absolute atomic E-state index is 0.324. The molecule has 1 N–H and O–H groups in total. The molecule has 1 unspecified atom stereocenters. The van der Waals surface area contributed by atoms with Gasteiger partial charge in [-0.3, -0.25) is 0 Å². The molecule has 1 atom stereocenters. The van der Waals surface area contributed by atoms with Crippen LogP contribution in [-0.4, -0.2) is 6.54 Å². The Morgan fingerprint density at radius 1 is 1.35 bits per heavy atom. The molecule has 0 fully saturated rings. The molecular weight excluding hydrogens is 354 g/mol. The maximum absolute atomic E-state index is 6.19. The Morgan fingerprint density at radius 3 is 2.70 bits per heavy atom. The summed E-state index contributed by atoms with van der Waals surface area (Å²) >= 11 is 11.3. The number of aryl methyl sites for hydroxylation is 1. The van der Waals surface area contributed by atoms with Crippen LogP contribution in [0.3, 0.4) is 0 Å². The van der Waals surface area contributed by atoms with Crippen molar-refractivity contribution in [3.05, 3.63) is 55.1 Å². The van der Waals surface area contributed by atoms with E-state index in [1.165, 1.54) is 16.0 Å². The van der Waals surface area contributed by atoms with Gasteiger partial charge in [0.2, 0.25) is 0 Å². The molecular formula is C16H19BrClNS. The molecule has 1 aromatic carbocycles. The fraction of sp³-hybridized carbons (Fsp3) is 0.375. The van der Waals surface area contributed by atoms with Gasteiger partial charge in [-0.1, -0.05) is 42.8 Å². The number of halogens is 2. The number of rotatable bonds is 6. The lowest BCUT2D eigenvalue weighted by Gasteiger charge is -2.18. The van der Waals surface area contributed by atoms with Crippen LogP contribution in [0.15, 0.2) is 34.8 Å². The number of benzene rings is 1. The molecule has 0 bridgehead atoms. The van der Waals surface area contributed by atoms with E-state index in [1.54, 1.807) is 11.3 Å². The Hall–Kier alpha value is -0.350. The Balaban J connectivity index is 2.21. The second kappa shape index (κ2) is 7.60. The third-order valence-electron chi connectivity index (χ3n) is 3.33. The van der Waals surface area contributed by atoms with E-state index in [2.05, 4.69) is 65.4 Å². The summed E-state index contributed by atoms with van der Waals surface area (Å²) in [5, 5.41) is 3.63. The SMILES string of the molecule is CCCNC(Cc1ccccc1C)c1cc(Br)c(Cl)s1. The zero-order valence-corrected chi connectivity index (χ0v) is 14.9. The van der Waals surface area contributed by atoms with E-state index in [0.717, 1.165) is 28.2 Å². The summed E-state index contributed by atoms with van der Waals surface area (Å²) < 4.78 is 1.82. The maximum atomic E-state index is 6.19. The predicted octanol–water partition coefficient (Wildman–Crippen LogP) is 5.76. The van der Waals surface area contributed by atoms with Crippen molar-refractivity contribution in [1.82, 2.24) is 5.32 Å². The maximum Gasteiger partial charge on any atom is 0.107 e. The van der Waals surface area contributed by atoms with Crippen molar-refractivity contribution in [2.45, 2.75) is 32.7 Å². The van der Waals surface area contributed by atoms with Gasteiger partial charge in [0.1, 0.15) is 4.34 Å². The molecule has 108 valence electrons. The topological polar surface area (TPSA) is 12.0 Å². The smallest absolute Gasteiger partial charge is 0.107 e. The van der Waals surface area contributed by atoms with Crippen molar-refractivity contribution < 1.29 is 0 Å². The number of thiophene rings is 1. The Labute approximate surface area is 138 Å². The highest BCUT2D eigenvalue weighted by atomic mass is 79.9. The van der Waals surface area contributed by atoms with Crippen LogP contribution in [0, 0.1) is 6.92 Å². The largest absolute Gasteiger partial charge is 0.309 e. The highest BCUT2D eigenvalue weighted by molar-refractivity contribution is 9.10. The van der Waals surface area contributed by atoms with Crippen molar-refractivity contribution in [3.63, 3.8) is 0 Å². The lowest BCUT2D eigenvalue weighted by Crippen LogP contribution is -2.23. The summed E-state index contributed by atoms with van der Waals surface area (Å²) in [7, 11) is 0. The Bertz CT molecular complexity index is 548. The van der Waals surface area contributed by atoms with Crippen molar-refractivity contribution in [2.24, 2.45) is 0 Å². The molecule has 1 heterocycles. The van der Waals surface area contributed by atoms with E-state index in [9.17, 15) is 0 Å². The number of nitrogens with one attached hydrogen (secondary N) is 1. The lowest BCUT2D eigenvalue weighted by molar-refractivity contribution is 0.535. The van der Waals surface area contributed by atoms with Gasteiger partial charge in [-0.05, 0) is 59.4 Å². The van der Waals surface area contributed by atoms with E-state index < -0.39 is 0 Å². The molecule has 0 saturated carbocycles. The standard InChI is InChI=1S/C16H19BrClNS/c1-3-8-19-14(15-10-13(17)16(18)20-15)9-12-7-5-4-6-11(12)2/h4-7,10,14,19H,3,8-9H2,1-2H3. The molecule has 1 aromatic heterocycles. The van der Waals surface area contributed by atoms with Gasteiger partial charge in [0, 0.05) is 15.4 Å². The Kier molecular flexibility index (Phi) is 6.09. The van der Waals surface area contributed by atoms with E-state index in [0.29, 0.717) is 6.04 Å². The van der Waals surface area contributed by atoms with Gasteiger partial charge in [0.05, 0.1) is 0 Å². The fourth-order valence-electron chi connectivity index (χ4n) is 2.19. The second-order valence-electron chi connectivity index (χ2n) is 4.91. The van der Waals surface area contributed by atoms with E-state index in [-0.39, 0.29) is 0 Å². The molecule has 0 saturated heterocycles. The van der Waals surface area contributed by atoms with Crippen molar-refractivity contribution in [3.8, 4) is 0 Å². The summed E-state index contributed by atoms with van der Waals surface area (Å²) in [4.78, 5) is 1.29. The van der Waals surface area contributed by atoms with Crippen molar-refractivity contribution in [1.29, 1.82) is 0 Å². The van der Waals surface area contributed by atoms with Gasteiger partial charge in [-0.2, -0.15) is 0 Å². The summed E-state index contributed by atoms with van der Waals surface area (Å²) in [5.41, 5.74) is 2.74. The summed E-state index contributed by atoms with van der Waals surface area (Å²) in [6.07, 6.45) is 2.13. The molecule has 0 aliphatic rings. The molecule has 0 amide bonds. The van der Waals surface area contributed by atoms with E-state index in [4.69, 9.17) is 11.6 Å². The van der Waals surface area contributed by atoms with E-state index in [1.807, 2.05) is 0 Å². The first-order valence-corrected chi connectivity index (χ1v) is 8.83. The van der Waals surface area contributed by atoms with Gasteiger partial charge in [0.15, 0.2) is 0 Å². The van der Waals surface area contributed by atoms with E-state index >= 15 is 0 Å². The van der Waals surface area contributed by atoms with Crippen molar-refractivity contribution >= 4 is 38.9 Å².